The van der Waals surface area contributed by atoms with E-state index in [0.717, 1.165) is 0 Å². The molecule has 0 saturated carbocycles. The number of nitrogen functional groups attached to an aromatic ring is 1. The summed E-state index contributed by atoms with van der Waals surface area (Å²) in [6.07, 6.45) is 1.43. The monoisotopic (exact) mass is 242 g/mol. The topological polar surface area (TPSA) is 93.9 Å². The van der Waals surface area contributed by atoms with Gasteiger partial charge in [-0.1, -0.05) is 0 Å². The minimum atomic E-state index is -0.583. The number of benzene rings is 1. The highest BCUT2D eigenvalue weighted by atomic mass is 16.5. The number of rotatable bonds is 2. The standard InChI is InChI=1S/C12H10N4O2/c1-18-12(17)10-11(14)16(7-15-10)9-4-2-8(6-13)3-5-9/h2-5,7H,14H2,1H3. The predicted octanol–water partition coefficient (Wildman–Crippen LogP) is 1.11. The molecule has 18 heavy (non-hydrogen) atoms. The summed E-state index contributed by atoms with van der Waals surface area (Å²) in [5.41, 5.74) is 7.15. The number of ether oxygens (including phenoxy) is 1. The first-order valence-corrected chi connectivity index (χ1v) is 5.09. The van der Waals surface area contributed by atoms with Crippen molar-refractivity contribution in [2.75, 3.05) is 12.8 Å². The second-order valence-corrected chi connectivity index (χ2v) is 3.50. The molecule has 0 aliphatic carbocycles. The van der Waals surface area contributed by atoms with E-state index in [9.17, 15) is 4.79 Å². The molecule has 90 valence electrons. The minimum absolute atomic E-state index is 0.0712. The van der Waals surface area contributed by atoms with Gasteiger partial charge in [-0.2, -0.15) is 5.26 Å². The van der Waals surface area contributed by atoms with E-state index in [4.69, 9.17) is 11.0 Å². The van der Waals surface area contributed by atoms with Gasteiger partial charge in [-0.15, -0.1) is 0 Å². The summed E-state index contributed by atoms with van der Waals surface area (Å²) in [7, 11) is 1.27. The molecule has 0 aliphatic rings. The smallest absolute Gasteiger partial charge is 0.360 e. The zero-order valence-corrected chi connectivity index (χ0v) is 9.62. The number of nitrogens with zero attached hydrogens (tertiary/aromatic N) is 3. The quantitative estimate of drug-likeness (QED) is 0.796. The molecule has 0 bridgehead atoms. The highest BCUT2D eigenvalue weighted by Crippen LogP contribution is 2.18. The number of anilines is 1. The largest absolute Gasteiger partial charge is 0.464 e. The fourth-order valence-corrected chi connectivity index (χ4v) is 1.51. The Hall–Kier alpha value is -2.81. The van der Waals surface area contributed by atoms with Crippen LogP contribution in [0, 0.1) is 11.3 Å². The molecule has 1 aromatic carbocycles. The fraction of sp³-hybridized carbons (Fsp3) is 0.0833. The lowest BCUT2D eigenvalue weighted by Crippen LogP contribution is -2.07. The van der Waals surface area contributed by atoms with Crippen molar-refractivity contribution in [1.29, 1.82) is 5.26 Å². The van der Waals surface area contributed by atoms with Crippen molar-refractivity contribution in [2.24, 2.45) is 0 Å². The van der Waals surface area contributed by atoms with Gasteiger partial charge >= 0.3 is 5.97 Å². The van der Waals surface area contributed by atoms with E-state index in [1.165, 1.54) is 13.4 Å². The number of esters is 1. The van der Waals surface area contributed by atoms with Crippen molar-refractivity contribution in [2.45, 2.75) is 0 Å². The third kappa shape index (κ3) is 1.89. The Labute approximate surface area is 103 Å². The summed E-state index contributed by atoms with van der Waals surface area (Å²) in [4.78, 5) is 15.3. The summed E-state index contributed by atoms with van der Waals surface area (Å²) >= 11 is 0. The maximum Gasteiger partial charge on any atom is 0.360 e. The van der Waals surface area contributed by atoms with Crippen LogP contribution in [0.15, 0.2) is 30.6 Å². The molecule has 0 saturated heterocycles. The van der Waals surface area contributed by atoms with E-state index >= 15 is 0 Å². The molecule has 6 nitrogen and oxygen atoms in total. The van der Waals surface area contributed by atoms with Crippen molar-refractivity contribution < 1.29 is 9.53 Å². The lowest BCUT2D eigenvalue weighted by atomic mass is 10.2. The van der Waals surface area contributed by atoms with Crippen molar-refractivity contribution in [3.05, 3.63) is 41.9 Å². The summed E-state index contributed by atoms with van der Waals surface area (Å²) < 4.78 is 6.11. The highest BCUT2D eigenvalue weighted by Gasteiger charge is 2.16. The van der Waals surface area contributed by atoms with Crippen molar-refractivity contribution in [3.63, 3.8) is 0 Å². The van der Waals surface area contributed by atoms with E-state index in [-0.39, 0.29) is 11.5 Å². The Morgan fingerprint density at radius 3 is 2.67 bits per heavy atom. The van der Waals surface area contributed by atoms with E-state index in [1.807, 2.05) is 6.07 Å². The van der Waals surface area contributed by atoms with Crippen molar-refractivity contribution >= 4 is 11.8 Å². The lowest BCUT2D eigenvalue weighted by molar-refractivity contribution is 0.0596. The molecule has 2 aromatic rings. The van der Waals surface area contributed by atoms with E-state index in [0.29, 0.717) is 11.3 Å². The number of hydrogen-bond donors (Lipinski definition) is 1. The van der Waals surface area contributed by atoms with Crippen molar-refractivity contribution in [3.8, 4) is 11.8 Å². The summed E-state index contributed by atoms with van der Waals surface area (Å²) in [6.45, 7) is 0. The normalized spacial score (nSPS) is 9.78. The molecule has 1 heterocycles. The van der Waals surface area contributed by atoms with Crippen LogP contribution in [0.4, 0.5) is 5.82 Å². The van der Waals surface area contributed by atoms with Gasteiger partial charge < -0.3 is 10.5 Å². The first-order chi connectivity index (χ1) is 8.67. The molecule has 2 N–H and O–H groups in total. The van der Waals surface area contributed by atoms with Crippen LogP contribution in [0.3, 0.4) is 0 Å². The van der Waals surface area contributed by atoms with Crippen LogP contribution in [0.25, 0.3) is 5.69 Å². The van der Waals surface area contributed by atoms with Gasteiger partial charge in [-0.3, -0.25) is 4.57 Å². The molecule has 0 aliphatic heterocycles. The molecule has 0 spiro atoms. The number of hydrogen-bond acceptors (Lipinski definition) is 5. The third-order valence-electron chi connectivity index (χ3n) is 2.46. The number of nitrogens with two attached hydrogens (primary N) is 1. The van der Waals surface area contributed by atoms with Gasteiger partial charge in [0, 0.05) is 5.69 Å². The van der Waals surface area contributed by atoms with Gasteiger partial charge in [0.2, 0.25) is 0 Å². The summed E-state index contributed by atoms with van der Waals surface area (Å²) in [5.74, 6) is -0.383. The summed E-state index contributed by atoms with van der Waals surface area (Å²) in [5, 5.41) is 8.71. The predicted molar refractivity (Wildman–Crippen MR) is 64.0 cm³/mol. The minimum Gasteiger partial charge on any atom is -0.464 e. The Morgan fingerprint density at radius 2 is 2.11 bits per heavy atom. The maximum absolute atomic E-state index is 11.4. The van der Waals surface area contributed by atoms with Gasteiger partial charge in [0.15, 0.2) is 5.69 Å². The Balaban J connectivity index is 2.42. The molecule has 0 radical (unpaired) electrons. The Kier molecular flexibility index (Phi) is 2.98. The second-order valence-electron chi connectivity index (χ2n) is 3.50. The van der Waals surface area contributed by atoms with E-state index in [1.54, 1.807) is 28.8 Å². The summed E-state index contributed by atoms with van der Waals surface area (Å²) in [6, 6.07) is 8.78. The molecule has 0 unspecified atom stereocenters. The number of aromatic nitrogens is 2. The third-order valence-corrected chi connectivity index (χ3v) is 2.46. The molecule has 2 rings (SSSR count). The number of carbonyl (C=O) groups is 1. The van der Waals surface area contributed by atoms with Crippen LogP contribution in [-0.4, -0.2) is 22.6 Å². The Bertz CT molecular complexity index is 623. The molecule has 0 fully saturated rings. The number of nitriles is 1. The van der Waals surface area contributed by atoms with Gasteiger partial charge in [0.1, 0.15) is 12.1 Å². The first kappa shape index (κ1) is 11.7. The van der Waals surface area contributed by atoms with E-state index in [2.05, 4.69) is 9.72 Å². The van der Waals surface area contributed by atoms with Crippen LogP contribution in [0.1, 0.15) is 16.1 Å². The second kappa shape index (κ2) is 4.59. The highest BCUT2D eigenvalue weighted by molar-refractivity contribution is 5.92. The first-order valence-electron chi connectivity index (χ1n) is 5.09. The average Bonchev–Trinajstić information content (AvgIpc) is 2.80. The zero-order valence-electron chi connectivity index (χ0n) is 9.62. The molecule has 0 atom stereocenters. The van der Waals surface area contributed by atoms with Crippen LogP contribution in [0.2, 0.25) is 0 Å². The molecular formula is C12H10N4O2. The van der Waals surface area contributed by atoms with Crippen LogP contribution in [-0.2, 0) is 4.74 Å². The SMILES string of the molecule is COC(=O)c1ncn(-c2ccc(C#N)cc2)c1N. The van der Waals surface area contributed by atoms with Gasteiger partial charge in [0.25, 0.3) is 0 Å². The number of methoxy groups -OCH3 is 1. The Morgan fingerprint density at radius 1 is 1.44 bits per heavy atom. The van der Waals surface area contributed by atoms with E-state index < -0.39 is 5.97 Å². The average molecular weight is 242 g/mol. The van der Waals surface area contributed by atoms with Gasteiger partial charge in [0.05, 0.1) is 18.7 Å². The number of imidazole rings is 1. The number of carbonyl (C=O) groups excluding carboxylic acids is 1. The van der Waals surface area contributed by atoms with Crippen molar-refractivity contribution in [1.82, 2.24) is 9.55 Å². The van der Waals surface area contributed by atoms with Gasteiger partial charge in [-0.25, -0.2) is 9.78 Å². The molecule has 1 aromatic heterocycles. The van der Waals surface area contributed by atoms with Crippen LogP contribution >= 0.6 is 0 Å². The van der Waals surface area contributed by atoms with Crippen LogP contribution in [0.5, 0.6) is 0 Å². The fourth-order valence-electron chi connectivity index (χ4n) is 1.51. The zero-order chi connectivity index (χ0) is 13.1. The van der Waals surface area contributed by atoms with Gasteiger partial charge in [-0.05, 0) is 24.3 Å². The lowest BCUT2D eigenvalue weighted by Gasteiger charge is -2.05. The molecule has 0 amide bonds. The maximum atomic E-state index is 11.4. The molecular weight excluding hydrogens is 232 g/mol. The molecule has 6 heteroatoms. The van der Waals surface area contributed by atoms with Crippen LogP contribution < -0.4 is 5.73 Å².